The molecule has 0 spiro atoms. The van der Waals surface area contributed by atoms with Gasteiger partial charge in [-0.2, -0.15) is 0 Å². The third-order valence-electron chi connectivity index (χ3n) is 6.63. The quantitative estimate of drug-likeness (QED) is 0.207. The minimum atomic E-state index is -1.15. The fourth-order valence-corrected chi connectivity index (χ4v) is 4.87. The van der Waals surface area contributed by atoms with Gasteiger partial charge in [-0.1, -0.05) is 29.8 Å². The van der Waals surface area contributed by atoms with Gasteiger partial charge in [0, 0.05) is 29.4 Å². The normalized spacial score (nSPS) is 15.3. The molecule has 0 saturated carbocycles. The van der Waals surface area contributed by atoms with Gasteiger partial charge in [0.2, 0.25) is 0 Å². The molecule has 0 aliphatic heterocycles. The van der Waals surface area contributed by atoms with Gasteiger partial charge in [-0.15, -0.1) is 0 Å². The first kappa shape index (κ1) is 26.5. The molecular formula is C30H27ClN2O6. The monoisotopic (exact) mass is 546 g/mol. The number of aliphatic hydroxyl groups is 1. The number of halogens is 1. The smallest absolute Gasteiger partial charge is 0.335 e. The van der Waals surface area contributed by atoms with Crippen LogP contribution in [0.4, 0.5) is 5.69 Å². The first-order valence-corrected chi connectivity index (χ1v) is 12.9. The second-order valence-corrected chi connectivity index (χ2v) is 9.87. The van der Waals surface area contributed by atoms with Crippen LogP contribution in [0.1, 0.15) is 50.1 Å². The number of fused-ring (bicyclic) bond motifs is 1. The number of amides is 1. The third-order valence-corrected chi connectivity index (χ3v) is 6.87. The number of furan rings is 1. The maximum Gasteiger partial charge on any atom is 0.335 e. The number of hydrogen-bond acceptors (Lipinski definition) is 6. The van der Waals surface area contributed by atoms with Crippen LogP contribution in [0.25, 0.3) is 0 Å². The summed E-state index contributed by atoms with van der Waals surface area (Å²) in [6.07, 6.45) is 3.31. The molecule has 5 rings (SSSR count). The molecule has 0 unspecified atom stereocenters. The molecule has 1 amide bonds. The van der Waals surface area contributed by atoms with Gasteiger partial charge in [0.25, 0.3) is 5.91 Å². The lowest BCUT2D eigenvalue weighted by Gasteiger charge is -2.27. The standard InChI is InChI=1S/C30H27ClN2O6/c31-22-4-1-3-19(11-22)27(34)17-32-23-8-6-18-7-9-25(14-20(18)12-23)39-26-15-21(30(36)37)13-24(16-26)33-29(35)28-5-2-10-38-28/h1-5,7,9-11,13-16,23,27,32,34H,6,8,12,17H2,(H,33,35)(H,36,37)/t23-,27+/m0/s1. The Kier molecular flexibility index (Phi) is 7.97. The number of carbonyl (C=O) groups is 2. The highest BCUT2D eigenvalue weighted by atomic mass is 35.5. The molecule has 0 fully saturated rings. The minimum Gasteiger partial charge on any atom is -0.478 e. The van der Waals surface area contributed by atoms with Gasteiger partial charge in [0.15, 0.2) is 5.76 Å². The number of ether oxygens (including phenoxy) is 1. The zero-order chi connectivity index (χ0) is 27.4. The molecule has 4 aromatic rings. The summed E-state index contributed by atoms with van der Waals surface area (Å²) in [5.41, 5.74) is 3.36. The highest BCUT2D eigenvalue weighted by molar-refractivity contribution is 6.30. The van der Waals surface area contributed by atoms with Crippen molar-refractivity contribution < 1.29 is 29.0 Å². The van der Waals surface area contributed by atoms with Crippen LogP contribution in [0, 0.1) is 0 Å². The van der Waals surface area contributed by atoms with Gasteiger partial charge >= 0.3 is 5.97 Å². The summed E-state index contributed by atoms with van der Waals surface area (Å²) >= 11 is 6.05. The second-order valence-electron chi connectivity index (χ2n) is 9.43. The molecule has 200 valence electrons. The molecule has 3 aromatic carbocycles. The summed E-state index contributed by atoms with van der Waals surface area (Å²) < 4.78 is 11.1. The summed E-state index contributed by atoms with van der Waals surface area (Å²) in [5, 5.41) is 26.8. The van der Waals surface area contributed by atoms with Crippen molar-refractivity contribution in [2.24, 2.45) is 0 Å². The van der Waals surface area contributed by atoms with Crippen molar-refractivity contribution in [3.05, 3.63) is 112 Å². The average molecular weight is 547 g/mol. The molecule has 0 radical (unpaired) electrons. The summed E-state index contributed by atoms with van der Waals surface area (Å²) in [5.74, 6) is -0.704. The Morgan fingerprint density at radius 2 is 1.90 bits per heavy atom. The van der Waals surface area contributed by atoms with Crippen molar-refractivity contribution in [2.45, 2.75) is 31.4 Å². The van der Waals surface area contributed by atoms with Gasteiger partial charge in [0.05, 0.1) is 17.9 Å². The predicted molar refractivity (Wildman–Crippen MR) is 147 cm³/mol. The van der Waals surface area contributed by atoms with Crippen LogP contribution in [-0.4, -0.2) is 34.7 Å². The zero-order valence-electron chi connectivity index (χ0n) is 20.9. The molecule has 0 saturated heterocycles. The SMILES string of the molecule is O=C(O)c1cc(NC(=O)c2ccco2)cc(Oc2ccc3c(c2)C[C@@H](NC[C@@H](O)c2cccc(Cl)c2)CC3)c1. The predicted octanol–water partition coefficient (Wildman–Crippen LogP) is 5.86. The lowest BCUT2D eigenvalue weighted by molar-refractivity contribution is 0.0696. The Bertz CT molecular complexity index is 1490. The van der Waals surface area contributed by atoms with Crippen molar-refractivity contribution in [1.82, 2.24) is 5.32 Å². The molecule has 2 atom stereocenters. The lowest BCUT2D eigenvalue weighted by Crippen LogP contribution is -2.37. The van der Waals surface area contributed by atoms with E-state index in [2.05, 4.69) is 10.6 Å². The van der Waals surface area contributed by atoms with Gasteiger partial charge in [-0.25, -0.2) is 4.79 Å². The molecule has 0 bridgehead atoms. The first-order valence-electron chi connectivity index (χ1n) is 12.5. The zero-order valence-corrected chi connectivity index (χ0v) is 21.6. The fourth-order valence-electron chi connectivity index (χ4n) is 4.67. The summed E-state index contributed by atoms with van der Waals surface area (Å²) in [6.45, 7) is 0.408. The van der Waals surface area contributed by atoms with E-state index in [4.69, 9.17) is 20.8 Å². The molecule has 39 heavy (non-hydrogen) atoms. The number of anilines is 1. The number of carboxylic acids is 1. The molecule has 4 N–H and O–H groups in total. The van der Waals surface area contributed by atoms with E-state index in [1.165, 1.54) is 30.0 Å². The maximum atomic E-state index is 12.4. The van der Waals surface area contributed by atoms with Crippen LogP contribution in [-0.2, 0) is 12.8 Å². The van der Waals surface area contributed by atoms with Crippen LogP contribution in [0.15, 0.2) is 83.5 Å². The number of carboxylic acid groups (broad SMARTS) is 1. The summed E-state index contributed by atoms with van der Waals surface area (Å²) in [6, 6.07) is 20.6. The minimum absolute atomic E-state index is 0.0252. The van der Waals surface area contributed by atoms with E-state index in [-0.39, 0.29) is 28.8 Å². The largest absolute Gasteiger partial charge is 0.478 e. The molecular weight excluding hydrogens is 520 g/mol. The van der Waals surface area contributed by atoms with E-state index in [9.17, 15) is 19.8 Å². The maximum absolute atomic E-state index is 12.4. The number of carbonyl (C=O) groups excluding carboxylic acids is 1. The Hall–Kier alpha value is -4.11. The molecule has 1 aromatic heterocycles. The van der Waals surface area contributed by atoms with Crippen LogP contribution < -0.4 is 15.4 Å². The molecule has 1 heterocycles. The number of aryl methyl sites for hydroxylation is 1. The van der Waals surface area contributed by atoms with Crippen LogP contribution in [0.5, 0.6) is 11.5 Å². The van der Waals surface area contributed by atoms with E-state index in [1.807, 2.05) is 30.3 Å². The van der Waals surface area contributed by atoms with E-state index in [0.29, 0.717) is 17.3 Å². The second kappa shape index (κ2) is 11.7. The van der Waals surface area contributed by atoms with Crippen molar-refractivity contribution >= 4 is 29.2 Å². The molecule has 1 aliphatic rings. The van der Waals surface area contributed by atoms with Crippen molar-refractivity contribution in [3.8, 4) is 11.5 Å². The van der Waals surface area contributed by atoms with E-state index in [0.717, 1.165) is 30.4 Å². The van der Waals surface area contributed by atoms with Crippen molar-refractivity contribution in [3.63, 3.8) is 0 Å². The van der Waals surface area contributed by atoms with Crippen LogP contribution >= 0.6 is 11.6 Å². The van der Waals surface area contributed by atoms with E-state index < -0.39 is 18.0 Å². The van der Waals surface area contributed by atoms with Crippen LogP contribution in [0.3, 0.4) is 0 Å². The van der Waals surface area contributed by atoms with Gasteiger partial charge in [-0.3, -0.25) is 4.79 Å². The number of hydrogen-bond donors (Lipinski definition) is 4. The Labute approximate surface area is 230 Å². The number of rotatable bonds is 9. The van der Waals surface area contributed by atoms with E-state index in [1.54, 1.807) is 24.3 Å². The van der Waals surface area contributed by atoms with E-state index >= 15 is 0 Å². The fraction of sp³-hybridized carbons (Fsp3) is 0.200. The highest BCUT2D eigenvalue weighted by Crippen LogP contribution is 2.31. The van der Waals surface area contributed by atoms with Crippen molar-refractivity contribution in [2.75, 3.05) is 11.9 Å². The first-order chi connectivity index (χ1) is 18.8. The Morgan fingerprint density at radius 1 is 1.03 bits per heavy atom. The number of benzene rings is 3. The van der Waals surface area contributed by atoms with Gasteiger partial charge in [-0.05, 0) is 84.5 Å². The molecule has 9 heteroatoms. The van der Waals surface area contributed by atoms with Gasteiger partial charge in [0.1, 0.15) is 11.5 Å². The third kappa shape index (κ3) is 6.67. The Morgan fingerprint density at radius 3 is 2.67 bits per heavy atom. The summed E-state index contributed by atoms with van der Waals surface area (Å²) in [7, 11) is 0. The number of aliphatic hydroxyl groups excluding tert-OH is 1. The number of nitrogens with one attached hydrogen (secondary N) is 2. The molecule has 1 aliphatic carbocycles. The summed E-state index contributed by atoms with van der Waals surface area (Å²) in [4.78, 5) is 24.1. The topological polar surface area (TPSA) is 121 Å². The highest BCUT2D eigenvalue weighted by Gasteiger charge is 2.21. The average Bonchev–Trinajstić information content (AvgIpc) is 3.47. The van der Waals surface area contributed by atoms with Gasteiger partial charge < -0.3 is 30.0 Å². The molecule has 8 nitrogen and oxygen atoms in total. The van der Waals surface area contributed by atoms with Crippen LogP contribution in [0.2, 0.25) is 5.02 Å². The number of aromatic carboxylic acids is 1. The van der Waals surface area contributed by atoms with Crippen molar-refractivity contribution in [1.29, 1.82) is 0 Å². The Balaban J connectivity index is 1.27. The lowest BCUT2D eigenvalue weighted by atomic mass is 9.88.